The highest BCUT2D eigenvalue weighted by Crippen LogP contribution is 2.53. The van der Waals surface area contributed by atoms with Crippen molar-refractivity contribution in [2.24, 2.45) is 0 Å². The van der Waals surface area contributed by atoms with Gasteiger partial charge in [0.1, 0.15) is 5.82 Å². The molecule has 0 aliphatic rings. The Hall–Kier alpha value is -3.34. The van der Waals surface area contributed by atoms with E-state index in [1.165, 1.54) is 35.2 Å². The lowest BCUT2D eigenvalue weighted by Gasteiger charge is -2.30. The van der Waals surface area contributed by atoms with E-state index in [0.717, 1.165) is 12.1 Å². The maximum atomic E-state index is 14.4. The molecule has 0 spiro atoms. The van der Waals surface area contributed by atoms with Crippen molar-refractivity contribution < 1.29 is 39.9 Å². The number of rotatable bonds is 9. The third-order valence-electron chi connectivity index (χ3n) is 6.03. The Morgan fingerprint density at radius 1 is 0.850 bits per heavy atom. The number of halogens is 9. The second-order valence-corrected chi connectivity index (χ2v) is 9.88. The summed E-state index contributed by atoms with van der Waals surface area (Å²) in [6.07, 6.45) is -12.2. The zero-order valence-corrected chi connectivity index (χ0v) is 22.1. The predicted molar refractivity (Wildman–Crippen MR) is 136 cm³/mol. The molecule has 0 unspecified atom stereocenters. The zero-order valence-electron chi connectivity index (χ0n) is 21.3. The van der Waals surface area contributed by atoms with Crippen LogP contribution in [0.15, 0.2) is 66.7 Å². The van der Waals surface area contributed by atoms with Crippen molar-refractivity contribution in [3.63, 3.8) is 0 Å². The first-order valence-corrected chi connectivity index (χ1v) is 12.4. The molecular formula is C28H25ClF8N2O. The molecule has 1 amide bonds. The molecular weight excluding hydrogens is 568 g/mol. The first kappa shape index (κ1) is 31.2. The Bertz CT molecular complexity index is 1290. The SMILES string of the molecule is CC(C)Nc1ccc(Cl)cc1C(=O)N(CCc1ccc(F)cc1)Cc1ccc(C(F)(C(F)(F)F)C(F)(F)F)cc1. The number of anilines is 1. The van der Waals surface area contributed by atoms with Gasteiger partial charge in [-0.25, -0.2) is 8.78 Å². The summed E-state index contributed by atoms with van der Waals surface area (Å²) < 4.78 is 107. The summed E-state index contributed by atoms with van der Waals surface area (Å²) in [5.41, 5.74) is -5.70. The first-order chi connectivity index (χ1) is 18.5. The molecule has 0 radical (unpaired) electrons. The van der Waals surface area contributed by atoms with Crippen molar-refractivity contribution in [1.82, 2.24) is 4.90 Å². The van der Waals surface area contributed by atoms with Crippen LogP contribution in [0.5, 0.6) is 0 Å². The summed E-state index contributed by atoms with van der Waals surface area (Å²) >= 11 is 6.13. The number of nitrogens with zero attached hydrogens (tertiary/aromatic N) is 1. The minimum atomic E-state index is -6.24. The first-order valence-electron chi connectivity index (χ1n) is 12.0. The van der Waals surface area contributed by atoms with Gasteiger partial charge >= 0.3 is 18.0 Å². The molecule has 0 heterocycles. The average Bonchev–Trinajstić information content (AvgIpc) is 2.86. The normalized spacial score (nSPS) is 12.5. The molecule has 3 aromatic rings. The van der Waals surface area contributed by atoms with E-state index < -0.39 is 35.3 Å². The smallest absolute Gasteiger partial charge is 0.382 e. The average molecular weight is 593 g/mol. The number of hydrogen-bond acceptors (Lipinski definition) is 2. The number of hydrogen-bond donors (Lipinski definition) is 1. The van der Waals surface area contributed by atoms with Gasteiger partial charge in [0.2, 0.25) is 0 Å². The topological polar surface area (TPSA) is 32.3 Å². The molecule has 3 rings (SSSR count). The van der Waals surface area contributed by atoms with E-state index in [-0.39, 0.29) is 41.7 Å². The lowest BCUT2D eigenvalue weighted by atomic mass is 9.93. The Morgan fingerprint density at radius 2 is 1.40 bits per heavy atom. The molecule has 0 bridgehead atoms. The number of benzene rings is 3. The molecule has 12 heteroatoms. The summed E-state index contributed by atoms with van der Waals surface area (Å²) in [4.78, 5) is 15.0. The van der Waals surface area contributed by atoms with E-state index in [1.54, 1.807) is 12.1 Å². The Kier molecular flexibility index (Phi) is 9.39. The molecule has 216 valence electrons. The highest BCUT2D eigenvalue weighted by Gasteiger charge is 2.73. The fourth-order valence-corrected chi connectivity index (χ4v) is 4.19. The summed E-state index contributed by atoms with van der Waals surface area (Å²) in [7, 11) is 0. The van der Waals surface area contributed by atoms with E-state index >= 15 is 0 Å². The molecule has 3 nitrogen and oxygen atoms in total. The molecule has 0 aliphatic heterocycles. The van der Waals surface area contributed by atoms with Gasteiger partial charge in [0.25, 0.3) is 5.91 Å². The summed E-state index contributed by atoms with van der Waals surface area (Å²) in [6, 6.07) is 12.7. The third kappa shape index (κ3) is 7.04. The summed E-state index contributed by atoms with van der Waals surface area (Å²) in [6.45, 7) is 3.52. The molecule has 1 N–H and O–H groups in total. The van der Waals surface area contributed by atoms with E-state index in [4.69, 9.17) is 11.6 Å². The minimum Gasteiger partial charge on any atom is -0.382 e. The van der Waals surface area contributed by atoms with Crippen molar-refractivity contribution in [2.45, 2.75) is 50.9 Å². The van der Waals surface area contributed by atoms with Gasteiger partial charge < -0.3 is 10.2 Å². The van der Waals surface area contributed by atoms with Crippen molar-refractivity contribution in [1.29, 1.82) is 0 Å². The highest BCUT2D eigenvalue weighted by atomic mass is 35.5. The minimum absolute atomic E-state index is 0.0536. The standard InChI is InChI=1S/C28H25ClF8N2O/c1-17(2)38-24-12-9-21(29)15-23(24)25(40)39(14-13-18-5-10-22(30)11-6-18)16-19-3-7-20(8-4-19)26(31,27(32,33)34)28(35,36)37/h3-12,15,17,38H,13-14,16H2,1-2H3. The van der Waals surface area contributed by atoms with Gasteiger partial charge in [0.05, 0.1) is 5.56 Å². The number of carbonyl (C=O) groups excluding carboxylic acids is 1. The lowest BCUT2D eigenvalue weighted by molar-refractivity contribution is -0.348. The zero-order chi connectivity index (χ0) is 29.9. The predicted octanol–water partition coefficient (Wildman–Crippen LogP) is 8.47. The molecule has 0 fully saturated rings. The number of alkyl halides is 7. The van der Waals surface area contributed by atoms with Crippen LogP contribution in [-0.2, 0) is 18.6 Å². The second-order valence-electron chi connectivity index (χ2n) is 9.44. The monoisotopic (exact) mass is 592 g/mol. The van der Waals surface area contributed by atoms with Crippen LogP contribution in [0.3, 0.4) is 0 Å². The van der Waals surface area contributed by atoms with Crippen molar-refractivity contribution in [2.75, 3.05) is 11.9 Å². The Morgan fingerprint density at radius 3 is 1.93 bits per heavy atom. The molecule has 0 aromatic heterocycles. The van der Waals surface area contributed by atoms with Crippen LogP contribution in [0.25, 0.3) is 0 Å². The van der Waals surface area contributed by atoms with E-state index in [2.05, 4.69) is 5.32 Å². The van der Waals surface area contributed by atoms with E-state index in [0.29, 0.717) is 23.4 Å². The van der Waals surface area contributed by atoms with Gasteiger partial charge in [-0.15, -0.1) is 0 Å². The van der Waals surface area contributed by atoms with Crippen LogP contribution in [0.4, 0.5) is 40.8 Å². The maximum Gasteiger partial charge on any atom is 0.435 e. The number of nitrogens with one attached hydrogen (secondary N) is 1. The van der Waals surface area contributed by atoms with Gasteiger partial charge in [-0.2, -0.15) is 26.3 Å². The highest BCUT2D eigenvalue weighted by molar-refractivity contribution is 6.31. The number of carbonyl (C=O) groups is 1. The van der Waals surface area contributed by atoms with Crippen LogP contribution in [0.2, 0.25) is 5.02 Å². The molecule has 3 aromatic carbocycles. The van der Waals surface area contributed by atoms with E-state index in [9.17, 15) is 39.9 Å². The molecule has 0 saturated heterocycles. The number of amides is 1. The van der Waals surface area contributed by atoms with Crippen molar-refractivity contribution >= 4 is 23.2 Å². The third-order valence-corrected chi connectivity index (χ3v) is 6.27. The van der Waals surface area contributed by atoms with Crippen LogP contribution < -0.4 is 5.32 Å². The fraction of sp³-hybridized carbons (Fsp3) is 0.321. The van der Waals surface area contributed by atoms with Gasteiger partial charge in [0, 0.05) is 35.4 Å². The largest absolute Gasteiger partial charge is 0.435 e. The van der Waals surface area contributed by atoms with Crippen LogP contribution in [0.1, 0.15) is 40.9 Å². The summed E-state index contributed by atoms with van der Waals surface area (Å²) in [5.74, 6) is -0.982. The van der Waals surface area contributed by atoms with Crippen molar-refractivity contribution in [3.8, 4) is 0 Å². The van der Waals surface area contributed by atoms with Crippen LogP contribution >= 0.6 is 11.6 Å². The second kappa shape index (κ2) is 12.0. The van der Waals surface area contributed by atoms with Crippen molar-refractivity contribution in [3.05, 3.63) is 99.8 Å². The van der Waals surface area contributed by atoms with Gasteiger partial charge in [-0.1, -0.05) is 48.0 Å². The van der Waals surface area contributed by atoms with Gasteiger partial charge in [-0.05, 0) is 61.7 Å². The van der Waals surface area contributed by atoms with Gasteiger partial charge in [0.15, 0.2) is 0 Å². The molecule has 0 aliphatic carbocycles. The Labute approximate surface area is 230 Å². The molecule has 0 saturated carbocycles. The molecule has 40 heavy (non-hydrogen) atoms. The maximum absolute atomic E-state index is 14.4. The summed E-state index contributed by atoms with van der Waals surface area (Å²) in [5, 5.41) is 3.39. The van der Waals surface area contributed by atoms with Gasteiger partial charge in [-0.3, -0.25) is 4.79 Å². The molecule has 0 atom stereocenters. The lowest BCUT2D eigenvalue weighted by Crippen LogP contribution is -2.50. The van der Waals surface area contributed by atoms with Crippen LogP contribution in [0, 0.1) is 5.82 Å². The quantitative estimate of drug-likeness (QED) is 0.253. The Balaban J connectivity index is 1.96. The fourth-order valence-electron chi connectivity index (χ4n) is 4.02. The van der Waals surface area contributed by atoms with Crippen LogP contribution in [-0.4, -0.2) is 35.7 Å². The van der Waals surface area contributed by atoms with E-state index in [1.807, 2.05) is 13.8 Å².